The molecule has 0 aromatic heterocycles. The molecule has 1 aliphatic heterocycles. The summed E-state index contributed by atoms with van der Waals surface area (Å²) in [6.07, 6.45) is 0.427. The van der Waals surface area contributed by atoms with Crippen LogP contribution >= 0.6 is 0 Å². The van der Waals surface area contributed by atoms with Crippen LogP contribution in [0, 0.1) is 5.92 Å². The van der Waals surface area contributed by atoms with Crippen molar-refractivity contribution in [3.63, 3.8) is 0 Å². The van der Waals surface area contributed by atoms with Gasteiger partial charge in [0.15, 0.2) is 0 Å². The van der Waals surface area contributed by atoms with Gasteiger partial charge in [-0.1, -0.05) is 18.2 Å². The predicted molar refractivity (Wildman–Crippen MR) is 93.7 cm³/mol. The Labute approximate surface area is 143 Å². The number of carbonyl (C=O) groups is 2. The van der Waals surface area contributed by atoms with Crippen LogP contribution in [0.25, 0.3) is 0 Å². The molecule has 24 heavy (non-hydrogen) atoms. The van der Waals surface area contributed by atoms with Gasteiger partial charge in [-0.2, -0.15) is 0 Å². The maximum Gasteiger partial charge on any atom is 0.224 e. The maximum absolute atomic E-state index is 12.4. The summed E-state index contributed by atoms with van der Waals surface area (Å²) in [7, 11) is 4.04. The van der Waals surface area contributed by atoms with Gasteiger partial charge in [-0.05, 0) is 26.2 Å². The number of ether oxygens (including phenoxy) is 1. The lowest BCUT2D eigenvalue weighted by atomic mass is 10.1. The Morgan fingerprint density at radius 3 is 2.71 bits per heavy atom. The average Bonchev–Trinajstić information content (AvgIpc) is 2.78. The Balaban J connectivity index is 1.79. The van der Waals surface area contributed by atoms with Gasteiger partial charge in [0.1, 0.15) is 0 Å². The van der Waals surface area contributed by atoms with Gasteiger partial charge in [0.25, 0.3) is 0 Å². The van der Waals surface area contributed by atoms with E-state index in [0.717, 1.165) is 12.2 Å². The van der Waals surface area contributed by atoms with Crippen molar-refractivity contribution >= 4 is 17.5 Å². The van der Waals surface area contributed by atoms with Crippen molar-refractivity contribution in [1.29, 1.82) is 0 Å². The molecular formula is C18H27N3O3. The number of hydrogen-bond acceptors (Lipinski definition) is 4. The first kappa shape index (κ1) is 18.4. The van der Waals surface area contributed by atoms with E-state index in [9.17, 15) is 9.59 Å². The van der Waals surface area contributed by atoms with Gasteiger partial charge in [0, 0.05) is 44.1 Å². The van der Waals surface area contributed by atoms with Crippen LogP contribution in [-0.2, 0) is 14.3 Å². The minimum Gasteiger partial charge on any atom is -0.379 e. The molecule has 0 bridgehead atoms. The molecule has 1 N–H and O–H groups in total. The molecule has 1 heterocycles. The summed E-state index contributed by atoms with van der Waals surface area (Å²) in [5.41, 5.74) is 0.754. The van der Waals surface area contributed by atoms with Crippen molar-refractivity contribution in [2.45, 2.75) is 12.8 Å². The minimum atomic E-state index is -0.134. The highest BCUT2D eigenvalue weighted by molar-refractivity contribution is 5.93. The first-order chi connectivity index (χ1) is 11.5. The SMILES string of the molecule is CN(C)C[C@@H]1COCCN(C(=O)CCC(=O)Nc2ccccc2)C1. The highest BCUT2D eigenvalue weighted by Crippen LogP contribution is 2.11. The van der Waals surface area contributed by atoms with Gasteiger partial charge >= 0.3 is 0 Å². The normalized spacial score (nSPS) is 18.3. The van der Waals surface area contributed by atoms with Crippen molar-refractivity contribution in [3.8, 4) is 0 Å². The molecule has 1 aliphatic rings. The lowest BCUT2D eigenvalue weighted by Gasteiger charge is -2.25. The molecule has 6 nitrogen and oxygen atoms in total. The third-order valence-corrected chi connectivity index (χ3v) is 3.94. The summed E-state index contributed by atoms with van der Waals surface area (Å²) in [6.45, 7) is 3.42. The third kappa shape index (κ3) is 6.29. The number of hydrogen-bond donors (Lipinski definition) is 1. The maximum atomic E-state index is 12.4. The Kier molecular flexibility index (Phi) is 7.21. The molecule has 1 aromatic rings. The number of para-hydroxylation sites is 1. The molecule has 6 heteroatoms. The van der Waals surface area contributed by atoms with Gasteiger partial charge in [0.05, 0.1) is 13.2 Å². The van der Waals surface area contributed by atoms with E-state index < -0.39 is 0 Å². The second-order valence-corrected chi connectivity index (χ2v) is 6.46. The summed E-state index contributed by atoms with van der Waals surface area (Å²) < 4.78 is 5.59. The molecule has 1 aromatic carbocycles. The van der Waals surface area contributed by atoms with Crippen LogP contribution in [-0.4, -0.2) is 68.6 Å². The molecule has 1 fully saturated rings. The smallest absolute Gasteiger partial charge is 0.224 e. The molecule has 0 spiro atoms. The van der Waals surface area contributed by atoms with Crippen molar-refractivity contribution in [1.82, 2.24) is 9.80 Å². The van der Waals surface area contributed by atoms with Gasteiger partial charge in [-0.3, -0.25) is 9.59 Å². The Morgan fingerprint density at radius 1 is 1.25 bits per heavy atom. The number of anilines is 1. The molecule has 2 rings (SSSR count). The van der Waals surface area contributed by atoms with Gasteiger partial charge < -0.3 is 19.9 Å². The lowest BCUT2D eigenvalue weighted by Crippen LogP contribution is -2.38. The van der Waals surface area contributed by atoms with E-state index in [-0.39, 0.29) is 24.7 Å². The van der Waals surface area contributed by atoms with E-state index in [4.69, 9.17) is 4.74 Å². The van der Waals surface area contributed by atoms with Crippen LogP contribution in [0.15, 0.2) is 30.3 Å². The monoisotopic (exact) mass is 333 g/mol. The van der Waals surface area contributed by atoms with Gasteiger partial charge in [-0.15, -0.1) is 0 Å². The quantitative estimate of drug-likeness (QED) is 0.856. The van der Waals surface area contributed by atoms with Crippen molar-refractivity contribution < 1.29 is 14.3 Å². The zero-order chi connectivity index (χ0) is 17.4. The highest BCUT2D eigenvalue weighted by Gasteiger charge is 2.23. The van der Waals surface area contributed by atoms with Crippen LogP contribution in [0.3, 0.4) is 0 Å². The molecule has 132 valence electrons. The summed E-state index contributed by atoms with van der Waals surface area (Å²) in [5.74, 6) is 0.197. The van der Waals surface area contributed by atoms with E-state index in [1.807, 2.05) is 49.3 Å². The summed E-state index contributed by atoms with van der Waals surface area (Å²) in [6, 6.07) is 9.28. The predicted octanol–water partition coefficient (Wildman–Crippen LogP) is 1.44. The van der Waals surface area contributed by atoms with Crippen LogP contribution in [0.5, 0.6) is 0 Å². The first-order valence-electron chi connectivity index (χ1n) is 8.39. The third-order valence-electron chi connectivity index (χ3n) is 3.94. The van der Waals surface area contributed by atoms with Crippen molar-refractivity contribution in [3.05, 3.63) is 30.3 Å². The topological polar surface area (TPSA) is 61.9 Å². The largest absolute Gasteiger partial charge is 0.379 e. The van der Waals surface area contributed by atoms with E-state index in [1.165, 1.54) is 0 Å². The fourth-order valence-electron chi connectivity index (χ4n) is 2.86. The Hall–Kier alpha value is -1.92. The molecule has 0 saturated carbocycles. The number of amides is 2. The highest BCUT2D eigenvalue weighted by atomic mass is 16.5. The second kappa shape index (κ2) is 9.39. The van der Waals surface area contributed by atoms with E-state index in [2.05, 4.69) is 10.2 Å². The van der Waals surface area contributed by atoms with Crippen molar-refractivity contribution in [2.75, 3.05) is 52.3 Å². The summed E-state index contributed by atoms with van der Waals surface area (Å²) in [4.78, 5) is 28.3. The molecule has 0 unspecified atom stereocenters. The van der Waals surface area contributed by atoms with Crippen LogP contribution in [0.1, 0.15) is 12.8 Å². The van der Waals surface area contributed by atoms with E-state index in [1.54, 1.807) is 0 Å². The van der Waals surface area contributed by atoms with Crippen LogP contribution < -0.4 is 5.32 Å². The fraction of sp³-hybridized carbons (Fsp3) is 0.556. The molecule has 0 aliphatic carbocycles. The first-order valence-corrected chi connectivity index (χ1v) is 8.39. The number of rotatable bonds is 6. The van der Waals surface area contributed by atoms with Crippen LogP contribution in [0.4, 0.5) is 5.69 Å². The number of benzene rings is 1. The number of carbonyl (C=O) groups excluding carboxylic acids is 2. The van der Waals surface area contributed by atoms with Crippen molar-refractivity contribution in [2.24, 2.45) is 5.92 Å². The molecule has 2 amide bonds. The van der Waals surface area contributed by atoms with Crippen LogP contribution in [0.2, 0.25) is 0 Å². The number of nitrogens with zero attached hydrogens (tertiary/aromatic N) is 2. The summed E-state index contributed by atoms with van der Waals surface area (Å²) >= 11 is 0. The zero-order valence-corrected chi connectivity index (χ0v) is 14.5. The summed E-state index contributed by atoms with van der Waals surface area (Å²) in [5, 5.41) is 2.81. The average molecular weight is 333 g/mol. The number of nitrogens with one attached hydrogen (secondary N) is 1. The van der Waals surface area contributed by atoms with E-state index in [0.29, 0.717) is 32.2 Å². The zero-order valence-electron chi connectivity index (χ0n) is 14.5. The van der Waals surface area contributed by atoms with Gasteiger partial charge in [-0.25, -0.2) is 0 Å². The van der Waals surface area contributed by atoms with E-state index >= 15 is 0 Å². The Morgan fingerprint density at radius 2 is 2.00 bits per heavy atom. The molecule has 1 atom stereocenters. The second-order valence-electron chi connectivity index (χ2n) is 6.46. The lowest BCUT2D eigenvalue weighted by molar-refractivity contribution is -0.133. The molecule has 0 radical (unpaired) electrons. The minimum absolute atomic E-state index is 0.0208. The molecule has 1 saturated heterocycles. The standard InChI is InChI=1S/C18H27N3O3/c1-20(2)12-15-13-21(10-11-24-14-15)18(23)9-8-17(22)19-16-6-4-3-5-7-16/h3-7,15H,8-14H2,1-2H3,(H,19,22)/t15-/m0/s1. The fourth-order valence-corrected chi connectivity index (χ4v) is 2.86. The Bertz CT molecular complexity index is 534. The van der Waals surface area contributed by atoms with Gasteiger partial charge in [0.2, 0.25) is 11.8 Å². The molecular weight excluding hydrogens is 306 g/mol.